The maximum absolute atomic E-state index is 12.0. The van der Waals surface area contributed by atoms with Crippen molar-refractivity contribution in [1.29, 1.82) is 0 Å². The quantitative estimate of drug-likeness (QED) is 0.834. The minimum absolute atomic E-state index is 0.0449. The predicted octanol–water partition coefficient (Wildman–Crippen LogP) is 3.14. The van der Waals surface area contributed by atoms with Crippen LogP contribution in [0.25, 0.3) is 0 Å². The van der Waals surface area contributed by atoms with Crippen LogP contribution < -0.4 is 5.32 Å². The van der Waals surface area contributed by atoms with E-state index in [0.717, 1.165) is 16.5 Å². The van der Waals surface area contributed by atoms with Gasteiger partial charge in [-0.2, -0.15) is 0 Å². The standard InChI is InChI=1S/C14H14BrNO/c15-12-5-3-10(4-6-12)14(17)16-13-8-9-1-2-11(13)7-9/h1-6,9,11,13H,7-8H2,(H,16,17). The van der Waals surface area contributed by atoms with Gasteiger partial charge in [-0.3, -0.25) is 4.79 Å². The number of halogens is 1. The Morgan fingerprint density at radius 2 is 1.94 bits per heavy atom. The van der Waals surface area contributed by atoms with Gasteiger partial charge < -0.3 is 5.32 Å². The van der Waals surface area contributed by atoms with Gasteiger partial charge in [0, 0.05) is 16.1 Å². The number of hydrogen-bond acceptors (Lipinski definition) is 1. The van der Waals surface area contributed by atoms with Crippen molar-refractivity contribution in [1.82, 2.24) is 5.32 Å². The highest BCUT2D eigenvalue weighted by Gasteiger charge is 2.36. The monoisotopic (exact) mass is 291 g/mol. The van der Waals surface area contributed by atoms with Crippen molar-refractivity contribution >= 4 is 21.8 Å². The van der Waals surface area contributed by atoms with Crippen LogP contribution in [0.15, 0.2) is 40.9 Å². The van der Waals surface area contributed by atoms with Gasteiger partial charge in [0.25, 0.3) is 5.91 Å². The van der Waals surface area contributed by atoms with E-state index in [9.17, 15) is 4.79 Å². The van der Waals surface area contributed by atoms with Crippen LogP contribution in [0.1, 0.15) is 23.2 Å². The molecule has 17 heavy (non-hydrogen) atoms. The molecule has 0 aromatic heterocycles. The topological polar surface area (TPSA) is 29.1 Å². The molecule has 3 atom stereocenters. The number of hydrogen-bond donors (Lipinski definition) is 1. The van der Waals surface area contributed by atoms with E-state index < -0.39 is 0 Å². The Kier molecular flexibility index (Phi) is 2.79. The summed E-state index contributed by atoms with van der Waals surface area (Å²) in [4.78, 5) is 12.0. The Morgan fingerprint density at radius 1 is 1.18 bits per heavy atom. The molecular weight excluding hydrogens is 278 g/mol. The van der Waals surface area contributed by atoms with Crippen LogP contribution in [0.2, 0.25) is 0 Å². The molecule has 2 bridgehead atoms. The van der Waals surface area contributed by atoms with Crippen LogP contribution in [0.3, 0.4) is 0 Å². The van der Waals surface area contributed by atoms with Crippen molar-refractivity contribution < 1.29 is 4.79 Å². The molecule has 0 radical (unpaired) electrons. The molecule has 1 fully saturated rings. The summed E-state index contributed by atoms with van der Waals surface area (Å²) in [5.41, 5.74) is 0.736. The van der Waals surface area contributed by atoms with Gasteiger partial charge in [0.05, 0.1) is 0 Å². The molecule has 2 nitrogen and oxygen atoms in total. The van der Waals surface area contributed by atoms with Crippen LogP contribution in [0, 0.1) is 11.8 Å². The van der Waals surface area contributed by atoms with Gasteiger partial charge >= 0.3 is 0 Å². The maximum atomic E-state index is 12.0. The minimum Gasteiger partial charge on any atom is -0.349 e. The summed E-state index contributed by atoms with van der Waals surface area (Å²) in [6.07, 6.45) is 6.85. The third kappa shape index (κ3) is 2.16. The average molecular weight is 292 g/mol. The Hall–Kier alpha value is -1.09. The number of allylic oxidation sites excluding steroid dienone is 1. The number of fused-ring (bicyclic) bond motifs is 2. The third-order valence-corrected chi connectivity index (χ3v) is 4.23. The van der Waals surface area contributed by atoms with Crippen molar-refractivity contribution in [2.75, 3.05) is 0 Å². The molecule has 1 N–H and O–H groups in total. The predicted molar refractivity (Wildman–Crippen MR) is 70.8 cm³/mol. The van der Waals surface area contributed by atoms with E-state index >= 15 is 0 Å². The van der Waals surface area contributed by atoms with Crippen molar-refractivity contribution in [3.05, 3.63) is 46.5 Å². The molecule has 0 heterocycles. The number of rotatable bonds is 2. The first-order valence-corrected chi connectivity index (χ1v) is 6.76. The molecule has 0 saturated heterocycles. The lowest BCUT2D eigenvalue weighted by Gasteiger charge is -2.19. The molecule has 1 aromatic rings. The molecular formula is C14H14BrNO. The number of nitrogens with one attached hydrogen (secondary N) is 1. The Labute approximate surface area is 109 Å². The molecule has 1 saturated carbocycles. The van der Waals surface area contributed by atoms with Gasteiger partial charge in [0.15, 0.2) is 0 Å². The minimum atomic E-state index is 0.0449. The summed E-state index contributed by atoms with van der Waals surface area (Å²) in [6.45, 7) is 0. The van der Waals surface area contributed by atoms with E-state index in [-0.39, 0.29) is 5.91 Å². The fraction of sp³-hybridized carbons (Fsp3) is 0.357. The first kappa shape index (κ1) is 11.0. The zero-order valence-electron chi connectivity index (χ0n) is 9.40. The molecule has 2 aliphatic rings. The van der Waals surface area contributed by atoms with E-state index in [1.807, 2.05) is 24.3 Å². The number of benzene rings is 1. The lowest BCUT2D eigenvalue weighted by atomic mass is 10.0. The highest BCUT2D eigenvalue weighted by molar-refractivity contribution is 9.10. The van der Waals surface area contributed by atoms with Gasteiger partial charge in [-0.1, -0.05) is 28.1 Å². The van der Waals surface area contributed by atoms with Gasteiger partial charge in [-0.25, -0.2) is 0 Å². The first-order valence-electron chi connectivity index (χ1n) is 5.97. The lowest BCUT2D eigenvalue weighted by Crippen LogP contribution is -2.37. The van der Waals surface area contributed by atoms with Crippen LogP contribution in [-0.2, 0) is 0 Å². The smallest absolute Gasteiger partial charge is 0.251 e. The molecule has 1 aromatic carbocycles. The molecule has 2 aliphatic carbocycles. The van der Waals surface area contributed by atoms with Crippen molar-refractivity contribution in [3.8, 4) is 0 Å². The SMILES string of the molecule is O=C(NC1CC2C=CC1C2)c1ccc(Br)cc1. The average Bonchev–Trinajstić information content (AvgIpc) is 2.91. The van der Waals surface area contributed by atoms with Crippen LogP contribution in [0.5, 0.6) is 0 Å². The fourth-order valence-corrected chi connectivity index (χ4v) is 3.06. The molecule has 1 amide bonds. The van der Waals surface area contributed by atoms with Crippen LogP contribution in [-0.4, -0.2) is 11.9 Å². The van der Waals surface area contributed by atoms with Gasteiger partial charge in [-0.15, -0.1) is 0 Å². The Morgan fingerprint density at radius 3 is 2.53 bits per heavy atom. The van der Waals surface area contributed by atoms with Gasteiger partial charge in [0.2, 0.25) is 0 Å². The van der Waals surface area contributed by atoms with E-state index in [2.05, 4.69) is 33.4 Å². The summed E-state index contributed by atoms with van der Waals surface area (Å²) >= 11 is 3.37. The zero-order chi connectivity index (χ0) is 11.8. The summed E-state index contributed by atoms with van der Waals surface area (Å²) in [6, 6.07) is 7.83. The molecule has 3 heteroatoms. The second-order valence-electron chi connectivity index (χ2n) is 4.87. The highest BCUT2D eigenvalue weighted by atomic mass is 79.9. The second-order valence-corrected chi connectivity index (χ2v) is 5.78. The van der Waals surface area contributed by atoms with E-state index in [4.69, 9.17) is 0 Å². The summed E-state index contributed by atoms with van der Waals surface area (Å²) in [5.74, 6) is 1.29. The highest BCUT2D eigenvalue weighted by Crippen LogP contribution is 2.39. The maximum Gasteiger partial charge on any atom is 0.251 e. The summed E-state index contributed by atoms with van der Waals surface area (Å²) in [5, 5.41) is 3.14. The molecule has 3 unspecified atom stereocenters. The third-order valence-electron chi connectivity index (χ3n) is 3.70. The zero-order valence-corrected chi connectivity index (χ0v) is 11.0. The van der Waals surface area contributed by atoms with E-state index in [1.165, 1.54) is 6.42 Å². The van der Waals surface area contributed by atoms with Crippen molar-refractivity contribution in [2.24, 2.45) is 11.8 Å². The lowest BCUT2D eigenvalue weighted by molar-refractivity contribution is 0.0931. The first-order chi connectivity index (χ1) is 8.22. The largest absolute Gasteiger partial charge is 0.349 e. The molecule has 88 valence electrons. The van der Waals surface area contributed by atoms with E-state index in [0.29, 0.717) is 17.9 Å². The van der Waals surface area contributed by atoms with Crippen molar-refractivity contribution in [3.63, 3.8) is 0 Å². The van der Waals surface area contributed by atoms with Gasteiger partial charge in [0.1, 0.15) is 0 Å². The number of carbonyl (C=O) groups excluding carboxylic acids is 1. The Balaban J connectivity index is 1.68. The number of amides is 1. The van der Waals surface area contributed by atoms with Crippen LogP contribution >= 0.6 is 15.9 Å². The summed E-state index contributed by atoms with van der Waals surface area (Å²) < 4.78 is 0.997. The van der Waals surface area contributed by atoms with Crippen molar-refractivity contribution in [2.45, 2.75) is 18.9 Å². The molecule has 3 rings (SSSR count). The molecule has 0 aliphatic heterocycles. The van der Waals surface area contributed by atoms with E-state index in [1.54, 1.807) is 0 Å². The molecule has 0 spiro atoms. The second kappa shape index (κ2) is 4.30. The number of carbonyl (C=O) groups is 1. The van der Waals surface area contributed by atoms with Gasteiger partial charge in [-0.05, 0) is 48.9 Å². The summed E-state index contributed by atoms with van der Waals surface area (Å²) in [7, 11) is 0. The fourth-order valence-electron chi connectivity index (χ4n) is 2.80. The normalized spacial score (nSPS) is 29.6. The van der Waals surface area contributed by atoms with Crippen LogP contribution in [0.4, 0.5) is 0 Å². The Bertz CT molecular complexity index is 466.